The first-order chi connectivity index (χ1) is 11.8. The Morgan fingerprint density at radius 1 is 1.27 bits per heavy atom. The van der Waals surface area contributed by atoms with Crippen molar-refractivity contribution in [2.75, 3.05) is 20.1 Å². The van der Waals surface area contributed by atoms with Crippen LogP contribution in [0.2, 0.25) is 0 Å². The number of likely N-dealkylation sites (N-methyl/N-ethyl adjacent to an activating group) is 1. The number of rotatable bonds is 8. The van der Waals surface area contributed by atoms with Gasteiger partial charge in [0.2, 0.25) is 10.0 Å². The van der Waals surface area contributed by atoms with Crippen LogP contribution in [-0.2, 0) is 16.4 Å². The highest BCUT2D eigenvalue weighted by atomic mass is 35.5. The summed E-state index contributed by atoms with van der Waals surface area (Å²) in [6.45, 7) is 8.41. The highest BCUT2D eigenvalue weighted by Crippen LogP contribution is 2.26. The van der Waals surface area contributed by atoms with Gasteiger partial charge in [-0.2, -0.15) is 9.29 Å². The lowest BCUT2D eigenvalue weighted by Gasteiger charge is -2.19. The summed E-state index contributed by atoms with van der Waals surface area (Å²) in [6.07, 6.45) is 0.635. The van der Waals surface area contributed by atoms with Crippen LogP contribution in [0, 0.1) is 6.92 Å². The second-order valence-corrected chi connectivity index (χ2v) is 7.91. The molecule has 0 saturated heterocycles. The quantitative estimate of drug-likeness (QED) is 0.730. The summed E-state index contributed by atoms with van der Waals surface area (Å²) < 4.78 is 32.2. The van der Waals surface area contributed by atoms with Gasteiger partial charge in [-0.05, 0) is 38.6 Å². The number of nitrogens with zero attached hydrogens (tertiary/aromatic N) is 3. The molecule has 2 aromatic rings. The molecule has 0 fully saturated rings. The molecule has 0 aliphatic heterocycles. The summed E-state index contributed by atoms with van der Waals surface area (Å²) in [5.41, 5.74) is 1.53. The number of benzene rings is 1. The fourth-order valence-electron chi connectivity index (χ4n) is 2.53. The van der Waals surface area contributed by atoms with Gasteiger partial charge >= 0.3 is 0 Å². The molecule has 2 rings (SSSR count). The van der Waals surface area contributed by atoms with Gasteiger partial charge in [-0.15, -0.1) is 12.4 Å². The van der Waals surface area contributed by atoms with E-state index in [1.54, 1.807) is 18.2 Å². The van der Waals surface area contributed by atoms with Gasteiger partial charge in [0.25, 0.3) is 5.89 Å². The fraction of sp³-hybridized carbons (Fsp3) is 0.529. The molecule has 1 heterocycles. The van der Waals surface area contributed by atoms with Gasteiger partial charge in [0.05, 0.1) is 4.90 Å². The molecule has 9 heteroatoms. The predicted octanol–water partition coefficient (Wildman–Crippen LogP) is 2.65. The van der Waals surface area contributed by atoms with E-state index in [9.17, 15) is 8.42 Å². The molecular weight excluding hydrogens is 376 g/mol. The molecule has 0 amide bonds. The van der Waals surface area contributed by atoms with Crippen LogP contribution in [0.1, 0.15) is 32.2 Å². The third-order valence-corrected chi connectivity index (χ3v) is 6.28. The SMILES string of the molecule is CCN(CC)S(=O)(=O)c1ccc(C)c(-c2nc(CC(C)NC)no2)c1.Cl. The van der Waals surface area contributed by atoms with E-state index in [0.29, 0.717) is 36.8 Å². The summed E-state index contributed by atoms with van der Waals surface area (Å²) in [5.74, 6) is 0.931. The standard InChI is InChI=1S/C17H26N4O3S.ClH/c1-6-21(7-2)25(22,23)14-9-8-12(3)15(11-14)17-19-16(20-24-17)10-13(4)18-5;/h8-9,11,13,18H,6-7,10H2,1-5H3;1H. The number of aryl methyl sites for hydroxylation is 1. The average Bonchev–Trinajstić information content (AvgIpc) is 3.04. The van der Waals surface area contributed by atoms with Crippen molar-refractivity contribution >= 4 is 22.4 Å². The summed E-state index contributed by atoms with van der Waals surface area (Å²) in [6, 6.07) is 5.22. The normalized spacial score (nSPS) is 12.8. The summed E-state index contributed by atoms with van der Waals surface area (Å²) in [4.78, 5) is 4.65. The maximum Gasteiger partial charge on any atom is 0.258 e. The lowest BCUT2D eigenvalue weighted by Crippen LogP contribution is -2.30. The molecule has 0 saturated carbocycles. The third kappa shape index (κ3) is 4.82. The summed E-state index contributed by atoms with van der Waals surface area (Å²) >= 11 is 0. The van der Waals surface area contributed by atoms with Gasteiger partial charge < -0.3 is 9.84 Å². The molecular formula is C17H27ClN4O3S. The van der Waals surface area contributed by atoms with Crippen LogP contribution in [-0.4, -0.2) is 49.0 Å². The molecule has 1 N–H and O–H groups in total. The lowest BCUT2D eigenvalue weighted by molar-refractivity contribution is 0.418. The Morgan fingerprint density at radius 2 is 1.92 bits per heavy atom. The van der Waals surface area contributed by atoms with Gasteiger partial charge in [0.15, 0.2) is 5.82 Å². The van der Waals surface area contributed by atoms with E-state index in [-0.39, 0.29) is 23.3 Å². The first-order valence-electron chi connectivity index (χ1n) is 8.44. The zero-order chi connectivity index (χ0) is 18.6. The molecule has 0 aliphatic carbocycles. The zero-order valence-electron chi connectivity index (χ0n) is 15.8. The van der Waals surface area contributed by atoms with Crippen molar-refractivity contribution in [3.05, 3.63) is 29.6 Å². The maximum atomic E-state index is 12.7. The molecule has 7 nitrogen and oxygen atoms in total. The van der Waals surface area contributed by atoms with Crippen LogP contribution in [0.5, 0.6) is 0 Å². The molecule has 1 aromatic heterocycles. The van der Waals surface area contributed by atoms with Crippen LogP contribution in [0.25, 0.3) is 11.5 Å². The van der Waals surface area contributed by atoms with E-state index < -0.39 is 10.0 Å². The maximum absolute atomic E-state index is 12.7. The van der Waals surface area contributed by atoms with Crippen molar-refractivity contribution in [2.45, 2.75) is 45.1 Å². The minimum Gasteiger partial charge on any atom is -0.334 e. The minimum atomic E-state index is -3.53. The van der Waals surface area contributed by atoms with Gasteiger partial charge in [0, 0.05) is 31.1 Å². The summed E-state index contributed by atoms with van der Waals surface area (Å²) in [5, 5.41) is 7.12. The molecule has 1 unspecified atom stereocenters. The van der Waals surface area contributed by atoms with Crippen molar-refractivity contribution in [1.29, 1.82) is 0 Å². The Bertz CT molecular complexity index is 819. The van der Waals surface area contributed by atoms with Gasteiger partial charge in [-0.25, -0.2) is 8.42 Å². The first kappa shape index (κ1) is 22.6. The Morgan fingerprint density at radius 3 is 2.50 bits per heavy atom. The van der Waals surface area contributed by atoms with Crippen molar-refractivity contribution in [3.63, 3.8) is 0 Å². The summed E-state index contributed by atoms with van der Waals surface area (Å²) in [7, 11) is -1.66. The molecule has 0 aliphatic rings. The number of nitrogens with one attached hydrogen (secondary N) is 1. The van der Waals surface area contributed by atoms with E-state index in [1.807, 2.05) is 34.7 Å². The molecule has 0 spiro atoms. The Kier molecular flexibility index (Phi) is 8.20. The van der Waals surface area contributed by atoms with E-state index in [4.69, 9.17) is 4.52 Å². The number of hydrogen-bond donors (Lipinski definition) is 1. The fourth-order valence-corrected chi connectivity index (χ4v) is 4.01. The van der Waals surface area contributed by atoms with Gasteiger partial charge in [-0.3, -0.25) is 0 Å². The number of sulfonamides is 1. The van der Waals surface area contributed by atoms with Crippen LogP contribution < -0.4 is 5.32 Å². The monoisotopic (exact) mass is 402 g/mol. The number of aromatic nitrogens is 2. The van der Waals surface area contributed by atoms with Crippen molar-refractivity contribution < 1.29 is 12.9 Å². The largest absolute Gasteiger partial charge is 0.334 e. The lowest BCUT2D eigenvalue weighted by atomic mass is 10.1. The smallest absolute Gasteiger partial charge is 0.258 e. The molecule has 1 atom stereocenters. The number of hydrogen-bond acceptors (Lipinski definition) is 6. The Hall–Kier alpha value is -1.48. The van der Waals surface area contributed by atoms with Crippen LogP contribution in [0.3, 0.4) is 0 Å². The van der Waals surface area contributed by atoms with Gasteiger partial charge in [-0.1, -0.05) is 25.1 Å². The van der Waals surface area contributed by atoms with Crippen molar-refractivity contribution in [3.8, 4) is 11.5 Å². The number of halogens is 1. The Labute approximate surface area is 161 Å². The van der Waals surface area contributed by atoms with Gasteiger partial charge in [0.1, 0.15) is 0 Å². The van der Waals surface area contributed by atoms with Crippen molar-refractivity contribution in [2.24, 2.45) is 0 Å². The Balaban J connectivity index is 0.00000338. The third-order valence-electron chi connectivity index (χ3n) is 4.23. The van der Waals surface area contributed by atoms with E-state index in [2.05, 4.69) is 15.5 Å². The highest BCUT2D eigenvalue weighted by molar-refractivity contribution is 7.89. The molecule has 1 aromatic carbocycles. The van der Waals surface area contributed by atoms with Crippen molar-refractivity contribution in [1.82, 2.24) is 19.8 Å². The molecule has 0 bridgehead atoms. The van der Waals surface area contributed by atoms with Crippen LogP contribution in [0.15, 0.2) is 27.6 Å². The average molecular weight is 403 g/mol. The van der Waals surface area contributed by atoms with E-state index in [0.717, 1.165) is 5.56 Å². The minimum absolute atomic E-state index is 0. The molecule has 26 heavy (non-hydrogen) atoms. The predicted molar refractivity (Wildman–Crippen MR) is 104 cm³/mol. The second-order valence-electron chi connectivity index (χ2n) is 5.98. The zero-order valence-corrected chi connectivity index (χ0v) is 17.4. The topological polar surface area (TPSA) is 88.3 Å². The van der Waals surface area contributed by atoms with E-state index >= 15 is 0 Å². The highest BCUT2D eigenvalue weighted by Gasteiger charge is 2.23. The molecule has 146 valence electrons. The molecule has 0 radical (unpaired) electrons. The first-order valence-corrected chi connectivity index (χ1v) is 9.88. The van der Waals surface area contributed by atoms with Crippen LogP contribution >= 0.6 is 12.4 Å². The van der Waals surface area contributed by atoms with E-state index in [1.165, 1.54) is 4.31 Å². The van der Waals surface area contributed by atoms with Crippen LogP contribution in [0.4, 0.5) is 0 Å². The second kappa shape index (κ2) is 9.45.